The van der Waals surface area contributed by atoms with Gasteiger partial charge in [-0.05, 0) is 18.4 Å². The van der Waals surface area contributed by atoms with Crippen LogP contribution in [-0.2, 0) is 11.3 Å². The molecule has 22 heavy (non-hydrogen) atoms. The van der Waals surface area contributed by atoms with Crippen LogP contribution in [0.1, 0.15) is 32.3 Å². The van der Waals surface area contributed by atoms with Gasteiger partial charge in [0.25, 0.3) is 0 Å². The lowest BCUT2D eigenvalue weighted by atomic mass is 10.0. The van der Waals surface area contributed by atoms with Crippen LogP contribution in [0.5, 0.6) is 0 Å². The van der Waals surface area contributed by atoms with E-state index in [1.54, 1.807) is 6.92 Å². The Kier molecular flexibility index (Phi) is 6.15. The van der Waals surface area contributed by atoms with Gasteiger partial charge in [-0.2, -0.15) is 5.10 Å². The van der Waals surface area contributed by atoms with Crippen LogP contribution in [0.4, 0.5) is 0 Å². The normalized spacial score (nSPS) is 17.1. The van der Waals surface area contributed by atoms with E-state index in [4.69, 9.17) is 0 Å². The molecule has 0 aromatic carbocycles. The zero-order valence-corrected chi connectivity index (χ0v) is 13.5. The van der Waals surface area contributed by atoms with Crippen LogP contribution in [0.15, 0.2) is 18.5 Å². The van der Waals surface area contributed by atoms with E-state index in [1.165, 1.54) is 5.57 Å². The third-order valence-corrected chi connectivity index (χ3v) is 3.97. The summed E-state index contributed by atoms with van der Waals surface area (Å²) in [5.41, 5.74) is 2.46. The third kappa shape index (κ3) is 4.96. The minimum atomic E-state index is -0.336. The molecule has 6 nitrogen and oxygen atoms in total. The highest BCUT2D eigenvalue weighted by Crippen LogP contribution is 2.21. The van der Waals surface area contributed by atoms with Crippen molar-refractivity contribution in [2.24, 2.45) is 0 Å². The Bertz CT molecular complexity index is 524. The molecule has 2 N–H and O–H groups in total. The molecule has 1 amide bonds. The van der Waals surface area contributed by atoms with Crippen LogP contribution in [0.2, 0.25) is 0 Å². The highest BCUT2D eigenvalue weighted by molar-refractivity contribution is 5.72. The average molecular weight is 306 g/mol. The van der Waals surface area contributed by atoms with Crippen LogP contribution in [0.3, 0.4) is 0 Å². The highest BCUT2D eigenvalue weighted by atomic mass is 16.3. The molecule has 1 aromatic rings. The minimum absolute atomic E-state index is 0.0231. The zero-order chi connectivity index (χ0) is 15.9. The Labute approximate surface area is 131 Å². The van der Waals surface area contributed by atoms with Crippen LogP contribution in [-0.4, -0.2) is 58.0 Å². The Morgan fingerprint density at radius 1 is 1.55 bits per heavy atom. The molecule has 0 aliphatic carbocycles. The lowest BCUT2D eigenvalue weighted by molar-refractivity contribution is -0.119. The first-order valence-corrected chi connectivity index (χ1v) is 7.95. The van der Waals surface area contributed by atoms with Gasteiger partial charge in [0.05, 0.1) is 18.8 Å². The third-order valence-electron chi connectivity index (χ3n) is 3.97. The van der Waals surface area contributed by atoms with E-state index in [1.807, 2.05) is 24.0 Å². The first-order chi connectivity index (χ1) is 10.6. The average Bonchev–Trinajstić information content (AvgIpc) is 2.96. The lowest BCUT2D eigenvalue weighted by Crippen LogP contribution is -2.36. The summed E-state index contributed by atoms with van der Waals surface area (Å²) in [7, 11) is 0. The predicted molar refractivity (Wildman–Crippen MR) is 86.2 cm³/mol. The van der Waals surface area contributed by atoms with Gasteiger partial charge in [-0.1, -0.05) is 13.0 Å². The lowest BCUT2D eigenvalue weighted by Gasteiger charge is -2.25. The second-order valence-electron chi connectivity index (χ2n) is 5.78. The van der Waals surface area contributed by atoms with E-state index >= 15 is 0 Å². The van der Waals surface area contributed by atoms with Gasteiger partial charge in [-0.25, -0.2) is 0 Å². The first-order valence-electron chi connectivity index (χ1n) is 7.95. The number of carbonyl (C=O) groups is 1. The van der Waals surface area contributed by atoms with Gasteiger partial charge in [0.2, 0.25) is 5.91 Å². The number of hydrogen-bond donors (Lipinski definition) is 2. The van der Waals surface area contributed by atoms with Gasteiger partial charge in [0.15, 0.2) is 0 Å². The number of aromatic nitrogens is 2. The van der Waals surface area contributed by atoms with Crippen LogP contribution >= 0.6 is 0 Å². The van der Waals surface area contributed by atoms with E-state index in [-0.39, 0.29) is 12.0 Å². The molecule has 1 aromatic heterocycles. The van der Waals surface area contributed by atoms with E-state index in [0.717, 1.165) is 38.0 Å². The summed E-state index contributed by atoms with van der Waals surface area (Å²) in [4.78, 5) is 13.2. The maximum atomic E-state index is 10.9. The number of hydrogen-bond acceptors (Lipinski definition) is 4. The standard InChI is InChI=1S/C16H26N4O2/c1-3-16(22)12-20-11-15(10-18-20)14-4-7-19(8-5-14)9-6-17-13(2)21/h4,10-11,16,22H,3,5-9,12H2,1-2H3,(H,17,21)/t16-/m0/s1. The van der Waals surface area contributed by atoms with Crippen LogP contribution in [0, 0.1) is 0 Å². The second kappa shape index (κ2) is 8.10. The molecular formula is C16H26N4O2. The van der Waals surface area contributed by atoms with Crippen molar-refractivity contribution in [3.8, 4) is 0 Å². The molecule has 0 fully saturated rings. The van der Waals surface area contributed by atoms with Crippen molar-refractivity contribution >= 4 is 11.5 Å². The summed E-state index contributed by atoms with van der Waals surface area (Å²) in [5.74, 6) is 0.0231. The monoisotopic (exact) mass is 306 g/mol. The number of amides is 1. The molecule has 0 saturated carbocycles. The van der Waals surface area contributed by atoms with Crippen molar-refractivity contribution in [2.45, 2.75) is 39.3 Å². The Morgan fingerprint density at radius 3 is 3.00 bits per heavy atom. The quantitative estimate of drug-likeness (QED) is 0.784. The zero-order valence-electron chi connectivity index (χ0n) is 13.5. The molecule has 2 heterocycles. The summed E-state index contributed by atoms with van der Waals surface area (Å²) in [6, 6.07) is 0. The Balaban J connectivity index is 1.84. The highest BCUT2D eigenvalue weighted by Gasteiger charge is 2.14. The summed E-state index contributed by atoms with van der Waals surface area (Å²) in [6.07, 6.45) is 7.51. The fraction of sp³-hybridized carbons (Fsp3) is 0.625. The number of nitrogens with one attached hydrogen (secondary N) is 1. The molecule has 0 spiro atoms. The van der Waals surface area contributed by atoms with Gasteiger partial charge in [-0.3, -0.25) is 14.4 Å². The number of aliphatic hydroxyl groups is 1. The molecule has 0 bridgehead atoms. The smallest absolute Gasteiger partial charge is 0.216 e. The minimum Gasteiger partial charge on any atom is -0.391 e. The van der Waals surface area contributed by atoms with Gasteiger partial charge in [0.1, 0.15) is 0 Å². The van der Waals surface area contributed by atoms with E-state index in [2.05, 4.69) is 21.4 Å². The fourth-order valence-corrected chi connectivity index (χ4v) is 2.54. The molecule has 1 atom stereocenters. The topological polar surface area (TPSA) is 70.4 Å². The molecule has 0 unspecified atom stereocenters. The van der Waals surface area contributed by atoms with E-state index in [9.17, 15) is 9.90 Å². The largest absolute Gasteiger partial charge is 0.391 e. The summed E-state index contributed by atoms with van der Waals surface area (Å²) in [6.45, 7) is 7.53. The van der Waals surface area contributed by atoms with Crippen molar-refractivity contribution in [2.75, 3.05) is 26.2 Å². The maximum Gasteiger partial charge on any atom is 0.216 e. The van der Waals surface area contributed by atoms with Gasteiger partial charge >= 0.3 is 0 Å². The number of nitrogens with zero attached hydrogens (tertiary/aromatic N) is 3. The molecule has 0 saturated heterocycles. The van der Waals surface area contributed by atoms with Crippen molar-refractivity contribution in [3.63, 3.8) is 0 Å². The summed E-state index contributed by atoms with van der Waals surface area (Å²) in [5, 5.41) is 16.8. The SMILES string of the molecule is CC[C@H](O)Cn1cc(C2=CCN(CCNC(C)=O)CC2)cn1. The Morgan fingerprint density at radius 2 is 2.36 bits per heavy atom. The number of rotatable bonds is 7. The number of carbonyl (C=O) groups excluding carboxylic acids is 1. The van der Waals surface area contributed by atoms with Crippen molar-refractivity contribution < 1.29 is 9.90 Å². The van der Waals surface area contributed by atoms with E-state index in [0.29, 0.717) is 13.1 Å². The fourth-order valence-electron chi connectivity index (χ4n) is 2.54. The van der Waals surface area contributed by atoms with Gasteiger partial charge in [0, 0.05) is 44.9 Å². The summed E-state index contributed by atoms with van der Waals surface area (Å²) < 4.78 is 1.81. The van der Waals surface area contributed by atoms with Gasteiger partial charge in [-0.15, -0.1) is 0 Å². The van der Waals surface area contributed by atoms with E-state index < -0.39 is 0 Å². The molecular weight excluding hydrogens is 280 g/mol. The molecule has 1 aliphatic heterocycles. The first kappa shape index (κ1) is 16.7. The van der Waals surface area contributed by atoms with Gasteiger partial charge < -0.3 is 10.4 Å². The predicted octanol–water partition coefficient (Wildman–Crippen LogP) is 0.879. The van der Waals surface area contributed by atoms with Crippen molar-refractivity contribution in [1.82, 2.24) is 20.0 Å². The Hall–Kier alpha value is -1.66. The van der Waals surface area contributed by atoms with Crippen molar-refractivity contribution in [3.05, 3.63) is 24.0 Å². The maximum absolute atomic E-state index is 10.9. The molecule has 122 valence electrons. The van der Waals surface area contributed by atoms with Crippen LogP contribution < -0.4 is 5.32 Å². The number of aliphatic hydroxyl groups excluding tert-OH is 1. The molecule has 1 aliphatic rings. The molecule has 0 radical (unpaired) electrons. The second-order valence-corrected chi connectivity index (χ2v) is 5.78. The molecule has 2 rings (SSSR count). The van der Waals surface area contributed by atoms with Crippen molar-refractivity contribution in [1.29, 1.82) is 0 Å². The summed E-state index contributed by atoms with van der Waals surface area (Å²) >= 11 is 0. The molecule has 6 heteroatoms. The van der Waals surface area contributed by atoms with Crippen LogP contribution in [0.25, 0.3) is 5.57 Å².